The molecule has 0 fully saturated rings. The third kappa shape index (κ3) is 4.91. The number of rotatable bonds is 5. The van der Waals surface area contributed by atoms with Crippen LogP contribution in [-0.2, 0) is 9.53 Å². The van der Waals surface area contributed by atoms with Crippen molar-refractivity contribution in [2.45, 2.75) is 26.3 Å². The van der Waals surface area contributed by atoms with E-state index in [1.165, 1.54) is 0 Å². The Morgan fingerprint density at radius 2 is 2.25 bits per heavy atom. The summed E-state index contributed by atoms with van der Waals surface area (Å²) in [6.07, 6.45) is 0.829. The molecule has 1 unspecified atom stereocenters. The summed E-state index contributed by atoms with van der Waals surface area (Å²) in [5.74, 6) is -0.307. The second kappa shape index (κ2) is 5.77. The highest BCUT2D eigenvalue weighted by Crippen LogP contribution is 1.95. The molecule has 0 bridgehead atoms. The van der Waals surface area contributed by atoms with Crippen LogP contribution < -0.4 is 5.32 Å². The molecule has 3 heteroatoms. The van der Waals surface area contributed by atoms with Crippen LogP contribution in [0.25, 0.3) is 0 Å². The summed E-state index contributed by atoms with van der Waals surface area (Å²) in [6, 6.07) is 0.378. The van der Waals surface area contributed by atoms with Gasteiger partial charge in [0.15, 0.2) is 0 Å². The van der Waals surface area contributed by atoms with Crippen molar-refractivity contribution in [3.8, 4) is 0 Å². The monoisotopic (exact) mass is 171 g/mol. The lowest BCUT2D eigenvalue weighted by Gasteiger charge is -2.09. The van der Waals surface area contributed by atoms with Gasteiger partial charge in [-0.25, -0.2) is 4.79 Å². The van der Waals surface area contributed by atoms with Gasteiger partial charge in [-0.1, -0.05) is 6.58 Å². The molecule has 3 nitrogen and oxygen atoms in total. The van der Waals surface area contributed by atoms with Crippen LogP contribution in [0.4, 0.5) is 0 Å². The average Bonchev–Trinajstić information content (AvgIpc) is 2.03. The van der Waals surface area contributed by atoms with Crippen molar-refractivity contribution in [1.29, 1.82) is 0 Å². The second-order valence-electron chi connectivity index (χ2n) is 2.89. The van der Waals surface area contributed by atoms with E-state index in [9.17, 15) is 4.79 Å². The van der Waals surface area contributed by atoms with Gasteiger partial charge in [-0.15, -0.1) is 0 Å². The zero-order valence-corrected chi connectivity index (χ0v) is 8.02. The Morgan fingerprint density at radius 3 is 2.67 bits per heavy atom. The normalized spacial score (nSPS) is 12.2. The first-order valence-corrected chi connectivity index (χ1v) is 4.07. The summed E-state index contributed by atoms with van der Waals surface area (Å²) in [5.41, 5.74) is 0.451. The van der Waals surface area contributed by atoms with Gasteiger partial charge in [-0.05, 0) is 27.3 Å². The molecule has 0 aromatic heterocycles. The topological polar surface area (TPSA) is 38.3 Å². The first-order chi connectivity index (χ1) is 5.57. The number of nitrogens with one attached hydrogen (secondary N) is 1. The number of carbonyl (C=O) groups is 1. The summed E-state index contributed by atoms with van der Waals surface area (Å²) in [7, 11) is 1.88. The zero-order valence-electron chi connectivity index (χ0n) is 8.02. The van der Waals surface area contributed by atoms with Gasteiger partial charge in [0.1, 0.15) is 0 Å². The Hall–Kier alpha value is -0.830. The summed E-state index contributed by atoms with van der Waals surface area (Å²) < 4.78 is 4.90. The van der Waals surface area contributed by atoms with Crippen LogP contribution in [0, 0.1) is 0 Å². The molecule has 0 aliphatic carbocycles. The molecule has 0 spiro atoms. The van der Waals surface area contributed by atoms with Crippen LogP contribution in [-0.4, -0.2) is 25.7 Å². The van der Waals surface area contributed by atoms with E-state index in [1.807, 2.05) is 14.0 Å². The quantitative estimate of drug-likeness (QED) is 0.497. The molecule has 70 valence electrons. The lowest BCUT2D eigenvalue weighted by Crippen LogP contribution is -2.23. The molecule has 1 atom stereocenters. The van der Waals surface area contributed by atoms with Crippen molar-refractivity contribution >= 4 is 5.97 Å². The lowest BCUT2D eigenvalue weighted by atomic mass is 10.2. The zero-order chi connectivity index (χ0) is 9.56. The van der Waals surface area contributed by atoms with Crippen molar-refractivity contribution in [1.82, 2.24) is 5.32 Å². The van der Waals surface area contributed by atoms with E-state index >= 15 is 0 Å². The molecule has 0 amide bonds. The van der Waals surface area contributed by atoms with Crippen molar-refractivity contribution in [3.05, 3.63) is 12.2 Å². The van der Waals surface area contributed by atoms with Gasteiger partial charge in [-0.3, -0.25) is 0 Å². The van der Waals surface area contributed by atoms with Crippen molar-refractivity contribution in [3.63, 3.8) is 0 Å². The number of esters is 1. The van der Waals surface area contributed by atoms with Gasteiger partial charge in [0.2, 0.25) is 0 Å². The number of hydrogen-bond acceptors (Lipinski definition) is 3. The number of hydrogen-bond donors (Lipinski definition) is 1. The molecule has 0 heterocycles. The first-order valence-electron chi connectivity index (χ1n) is 4.07. The van der Waals surface area contributed by atoms with Crippen LogP contribution in [0.3, 0.4) is 0 Å². The van der Waals surface area contributed by atoms with Crippen LogP contribution in [0.2, 0.25) is 0 Å². The highest BCUT2D eigenvalue weighted by molar-refractivity contribution is 5.86. The average molecular weight is 171 g/mol. The Morgan fingerprint density at radius 1 is 1.67 bits per heavy atom. The predicted molar refractivity (Wildman–Crippen MR) is 48.9 cm³/mol. The van der Waals surface area contributed by atoms with Gasteiger partial charge in [0.05, 0.1) is 6.61 Å². The molecule has 0 saturated carbocycles. The summed E-state index contributed by atoms with van der Waals surface area (Å²) in [6.45, 7) is 7.61. The van der Waals surface area contributed by atoms with Crippen LogP contribution in [0.15, 0.2) is 12.2 Å². The molecule has 0 rings (SSSR count). The lowest BCUT2D eigenvalue weighted by molar-refractivity contribution is -0.139. The van der Waals surface area contributed by atoms with E-state index in [0.717, 1.165) is 6.42 Å². The van der Waals surface area contributed by atoms with Crippen molar-refractivity contribution in [2.24, 2.45) is 0 Å². The van der Waals surface area contributed by atoms with E-state index in [2.05, 4.69) is 11.9 Å². The maximum absolute atomic E-state index is 10.9. The highest BCUT2D eigenvalue weighted by atomic mass is 16.5. The fraction of sp³-hybridized carbons (Fsp3) is 0.667. The van der Waals surface area contributed by atoms with E-state index in [4.69, 9.17) is 4.74 Å². The third-order valence-corrected chi connectivity index (χ3v) is 1.63. The molecule has 0 aromatic carbocycles. The van der Waals surface area contributed by atoms with Crippen LogP contribution in [0.1, 0.15) is 20.3 Å². The Bertz CT molecular complexity index is 166. The maximum Gasteiger partial charge on any atom is 0.333 e. The fourth-order valence-corrected chi connectivity index (χ4v) is 0.596. The molecule has 0 aliphatic heterocycles. The minimum absolute atomic E-state index is 0.307. The summed E-state index contributed by atoms with van der Waals surface area (Å²) in [5, 5.41) is 3.05. The Labute approximate surface area is 73.8 Å². The Kier molecular flexibility index (Phi) is 5.37. The molecule has 0 saturated heterocycles. The molecular formula is C9H17NO2. The van der Waals surface area contributed by atoms with Gasteiger partial charge >= 0.3 is 5.97 Å². The van der Waals surface area contributed by atoms with Crippen molar-refractivity contribution in [2.75, 3.05) is 13.7 Å². The Balaban J connectivity index is 3.44. The second-order valence-corrected chi connectivity index (χ2v) is 2.89. The van der Waals surface area contributed by atoms with Gasteiger partial charge in [0, 0.05) is 11.6 Å². The van der Waals surface area contributed by atoms with Crippen LogP contribution in [0.5, 0.6) is 0 Å². The maximum atomic E-state index is 10.9. The first kappa shape index (κ1) is 11.2. The van der Waals surface area contributed by atoms with Crippen molar-refractivity contribution < 1.29 is 9.53 Å². The fourth-order valence-electron chi connectivity index (χ4n) is 0.596. The van der Waals surface area contributed by atoms with Gasteiger partial charge in [-0.2, -0.15) is 0 Å². The largest absolute Gasteiger partial charge is 0.462 e. The minimum Gasteiger partial charge on any atom is -0.462 e. The molecular weight excluding hydrogens is 154 g/mol. The van der Waals surface area contributed by atoms with E-state index in [-0.39, 0.29) is 5.97 Å². The molecule has 0 aromatic rings. The van der Waals surface area contributed by atoms with Crippen LogP contribution >= 0.6 is 0 Å². The standard InChI is InChI=1S/C9H17NO2/c1-7(2)9(11)12-6-5-8(3)10-4/h8,10H,1,5-6H2,2-4H3. The highest BCUT2D eigenvalue weighted by Gasteiger charge is 2.03. The van der Waals surface area contributed by atoms with E-state index in [1.54, 1.807) is 6.92 Å². The number of ether oxygens (including phenoxy) is 1. The third-order valence-electron chi connectivity index (χ3n) is 1.63. The SMILES string of the molecule is C=C(C)C(=O)OCCC(C)NC. The van der Waals surface area contributed by atoms with Gasteiger partial charge in [0.25, 0.3) is 0 Å². The summed E-state index contributed by atoms with van der Waals surface area (Å²) >= 11 is 0. The molecule has 0 aliphatic rings. The molecule has 12 heavy (non-hydrogen) atoms. The molecule has 1 N–H and O–H groups in total. The van der Waals surface area contributed by atoms with E-state index in [0.29, 0.717) is 18.2 Å². The summed E-state index contributed by atoms with van der Waals surface area (Å²) in [4.78, 5) is 10.9. The minimum atomic E-state index is -0.307. The smallest absolute Gasteiger partial charge is 0.333 e. The predicted octanol–water partition coefficient (Wildman–Crippen LogP) is 1.10. The van der Waals surface area contributed by atoms with E-state index < -0.39 is 0 Å². The number of carbonyl (C=O) groups excluding carboxylic acids is 1. The molecule has 0 radical (unpaired) electrons. The van der Waals surface area contributed by atoms with Gasteiger partial charge < -0.3 is 10.1 Å².